The van der Waals surface area contributed by atoms with Crippen LogP contribution >= 0.6 is 0 Å². The lowest BCUT2D eigenvalue weighted by Crippen LogP contribution is -2.66. The Morgan fingerprint density at radius 1 is 1.30 bits per heavy atom. The van der Waals surface area contributed by atoms with E-state index in [0.29, 0.717) is 30.5 Å². The zero-order valence-electron chi connectivity index (χ0n) is 12.7. The van der Waals surface area contributed by atoms with Crippen molar-refractivity contribution in [2.45, 2.75) is 65.1 Å². The third kappa shape index (κ3) is 1.93. The van der Waals surface area contributed by atoms with Gasteiger partial charge in [-0.1, -0.05) is 20.8 Å². The molecule has 1 aliphatic heterocycles. The first-order chi connectivity index (χ1) is 9.28. The van der Waals surface area contributed by atoms with E-state index in [9.17, 15) is 9.00 Å². The zero-order valence-corrected chi connectivity index (χ0v) is 13.5. The summed E-state index contributed by atoms with van der Waals surface area (Å²) < 4.78 is 23.3. The first-order valence-corrected chi connectivity index (χ1v) is 8.59. The molecule has 3 aliphatic rings. The minimum atomic E-state index is -1.69. The first kappa shape index (κ1) is 14.7. The van der Waals surface area contributed by atoms with Gasteiger partial charge in [0, 0.05) is 17.8 Å². The van der Waals surface area contributed by atoms with E-state index in [0.717, 1.165) is 12.8 Å². The smallest absolute Gasteiger partial charge is 0.299 e. The summed E-state index contributed by atoms with van der Waals surface area (Å²) in [4.78, 5) is 12.5. The summed E-state index contributed by atoms with van der Waals surface area (Å²) >= 11 is -1.69. The van der Waals surface area contributed by atoms with Gasteiger partial charge in [-0.15, -0.1) is 0 Å². The van der Waals surface area contributed by atoms with Crippen LogP contribution in [-0.2, 0) is 24.5 Å². The predicted molar refractivity (Wildman–Crippen MR) is 75.9 cm³/mol. The quantitative estimate of drug-likeness (QED) is 0.747. The second kappa shape index (κ2) is 4.62. The maximum atomic E-state index is 12.5. The number of hydrogen-bond donors (Lipinski definition) is 0. The van der Waals surface area contributed by atoms with Gasteiger partial charge in [0.15, 0.2) is 0 Å². The van der Waals surface area contributed by atoms with E-state index >= 15 is 0 Å². The van der Waals surface area contributed by atoms with Crippen molar-refractivity contribution in [2.75, 3.05) is 0 Å². The van der Waals surface area contributed by atoms with Gasteiger partial charge in [0.25, 0.3) is 0 Å². The molecule has 3 fully saturated rings. The summed E-state index contributed by atoms with van der Waals surface area (Å²) in [5.74, 6) is 1.16. The molecule has 3 rings (SSSR count). The number of carbonyl (C=O) groups is 1. The van der Waals surface area contributed by atoms with Crippen molar-refractivity contribution < 1.29 is 17.4 Å². The van der Waals surface area contributed by atoms with Crippen molar-refractivity contribution in [1.29, 1.82) is 0 Å². The molecule has 2 saturated carbocycles. The standard InChI is InChI=1S/C15H24O4S/c1-9(2)10-5-7-14(3)11(16)6-8-15(4)13(14)12(10)18-20(17)19-15/h9-10,12-13H,5-8H2,1-4H3/t10-,12?,13?,14-,15-,20?/m0/s1. The van der Waals surface area contributed by atoms with Gasteiger partial charge in [-0.25, -0.2) is 0 Å². The molecule has 1 heterocycles. The molecule has 1 saturated heterocycles. The SMILES string of the molecule is CC(C)[C@@H]1CC[C@@]2(C)C(=O)CC[C@]3(C)OS(=O)OC1C23. The third-order valence-corrected chi connectivity index (χ3v) is 6.78. The molecule has 3 unspecified atom stereocenters. The molecule has 114 valence electrons. The summed E-state index contributed by atoms with van der Waals surface area (Å²) in [5, 5.41) is 0. The van der Waals surface area contributed by atoms with E-state index in [1.807, 2.05) is 6.92 Å². The topological polar surface area (TPSA) is 52.6 Å². The zero-order chi connectivity index (χ0) is 14.7. The molecule has 0 aromatic heterocycles. The molecule has 0 spiro atoms. The van der Waals surface area contributed by atoms with E-state index in [-0.39, 0.29) is 17.4 Å². The molecule has 0 aromatic carbocycles. The van der Waals surface area contributed by atoms with Gasteiger partial charge in [-0.3, -0.25) is 13.2 Å². The third-order valence-electron chi connectivity index (χ3n) is 5.88. The van der Waals surface area contributed by atoms with Crippen molar-refractivity contribution in [3.8, 4) is 0 Å². The summed E-state index contributed by atoms with van der Waals surface area (Å²) in [5.41, 5.74) is -0.877. The van der Waals surface area contributed by atoms with E-state index in [1.165, 1.54) is 0 Å². The second-order valence-electron chi connectivity index (χ2n) is 7.43. The molecule has 4 nitrogen and oxygen atoms in total. The lowest BCUT2D eigenvalue weighted by Gasteiger charge is -2.59. The highest BCUT2D eigenvalue weighted by Gasteiger charge is 2.64. The lowest BCUT2D eigenvalue weighted by atomic mass is 9.51. The van der Waals surface area contributed by atoms with Crippen molar-refractivity contribution >= 4 is 17.1 Å². The number of Topliss-reactive ketones (excluding diaryl/α,β-unsaturated/α-hetero) is 1. The van der Waals surface area contributed by atoms with Gasteiger partial charge < -0.3 is 0 Å². The average molecular weight is 300 g/mol. The highest BCUT2D eigenvalue weighted by Crippen LogP contribution is 2.58. The Kier molecular flexibility index (Phi) is 3.39. The van der Waals surface area contributed by atoms with Gasteiger partial charge >= 0.3 is 11.4 Å². The number of rotatable bonds is 1. The van der Waals surface area contributed by atoms with Gasteiger partial charge in [0.2, 0.25) is 0 Å². The van der Waals surface area contributed by atoms with Crippen LogP contribution in [0.5, 0.6) is 0 Å². The highest BCUT2D eigenvalue weighted by molar-refractivity contribution is 7.75. The maximum Gasteiger partial charge on any atom is 0.305 e. The minimum Gasteiger partial charge on any atom is -0.299 e. The Morgan fingerprint density at radius 2 is 2.00 bits per heavy atom. The Labute approximate surface area is 123 Å². The van der Waals surface area contributed by atoms with Crippen molar-refractivity contribution in [3.63, 3.8) is 0 Å². The predicted octanol–water partition coefficient (Wildman–Crippen LogP) is 2.79. The maximum absolute atomic E-state index is 12.5. The monoisotopic (exact) mass is 300 g/mol. The van der Waals surface area contributed by atoms with Crippen LogP contribution in [-0.4, -0.2) is 21.7 Å². The van der Waals surface area contributed by atoms with Crippen molar-refractivity contribution in [3.05, 3.63) is 0 Å². The molecule has 0 amide bonds. The summed E-state index contributed by atoms with van der Waals surface area (Å²) in [6.45, 7) is 8.43. The number of ketones is 1. The van der Waals surface area contributed by atoms with Crippen molar-refractivity contribution in [2.24, 2.45) is 23.2 Å². The fourth-order valence-corrected chi connectivity index (χ4v) is 5.70. The van der Waals surface area contributed by atoms with Gasteiger partial charge in [-0.2, -0.15) is 4.21 Å². The van der Waals surface area contributed by atoms with Crippen LogP contribution in [0.1, 0.15) is 53.4 Å². The fourth-order valence-electron chi connectivity index (χ4n) is 4.73. The van der Waals surface area contributed by atoms with Crippen LogP contribution in [0.2, 0.25) is 0 Å². The lowest BCUT2D eigenvalue weighted by molar-refractivity contribution is -0.193. The molecular formula is C15H24O4S. The molecular weight excluding hydrogens is 276 g/mol. The van der Waals surface area contributed by atoms with Crippen LogP contribution < -0.4 is 0 Å². The van der Waals surface area contributed by atoms with E-state index in [2.05, 4.69) is 20.8 Å². The van der Waals surface area contributed by atoms with E-state index in [1.54, 1.807) is 0 Å². The van der Waals surface area contributed by atoms with Crippen LogP contribution in [0.15, 0.2) is 0 Å². The molecule has 20 heavy (non-hydrogen) atoms. The van der Waals surface area contributed by atoms with Gasteiger partial charge in [-0.05, 0) is 38.0 Å². The van der Waals surface area contributed by atoms with Crippen LogP contribution in [0.3, 0.4) is 0 Å². The number of carbonyl (C=O) groups excluding carboxylic acids is 1. The van der Waals surface area contributed by atoms with Crippen molar-refractivity contribution in [1.82, 2.24) is 0 Å². The normalized spacial score (nSPS) is 52.0. The van der Waals surface area contributed by atoms with E-state index in [4.69, 9.17) is 8.37 Å². The van der Waals surface area contributed by atoms with Crippen LogP contribution in [0, 0.1) is 23.2 Å². The second-order valence-corrected chi connectivity index (χ2v) is 8.19. The Bertz CT molecular complexity index is 463. The number of hydrogen-bond acceptors (Lipinski definition) is 4. The minimum absolute atomic E-state index is 0.0232. The molecule has 0 bridgehead atoms. The van der Waals surface area contributed by atoms with E-state index < -0.39 is 17.0 Å². The Hall–Kier alpha value is -0.260. The molecule has 2 aliphatic carbocycles. The molecule has 5 heteroatoms. The molecule has 0 aromatic rings. The molecule has 0 N–H and O–H groups in total. The fraction of sp³-hybridized carbons (Fsp3) is 0.933. The van der Waals surface area contributed by atoms with Crippen LogP contribution in [0.25, 0.3) is 0 Å². The summed E-state index contributed by atoms with van der Waals surface area (Å²) in [7, 11) is 0. The molecule has 0 radical (unpaired) electrons. The van der Waals surface area contributed by atoms with Gasteiger partial charge in [0.1, 0.15) is 5.78 Å². The Morgan fingerprint density at radius 3 is 2.65 bits per heavy atom. The van der Waals surface area contributed by atoms with Gasteiger partial charge in [0.05, 0.1) is 11.7 Å². The molecule has 6 atom stereocenters. The first-order valence-electron chi connectivity index (χ1n) is 7.59. The largest absolute Gasteiger partial charge is 0.305 e. The van der Waals surface area contributed by atoms with Crippen LogP contribution in [0.4, 0.5) is 0 Å². The summed E-state index contributed by atoms with van der Waals surface area (Å²) in [6.07, 6.45) is 2.92. The highest BCUT2D eigenvalue weighted by atomic mass is 32.2. The Balaban J connectivity index is 2.06. The average Bonchev–Trinajstić information content (AvgIpc) is 2.33. The summed E-state index contributed by atoms with van der Waals surface area (Å²) in [6, 6.07) is 0.